The lowest BCUT2D eigenvalue weighted by atomic mass is 10.4. The molecule has 14 heavy (non-hydrogen) atoms. The molecule has 0 unspecified atom stereocenters. The fourth-order valence-electron chi connectivity index (χ4n) is 1.24. The van der Waals surface area contributed by atoms with E-state index >= 15 is 0 Å². The van der Waals surface area contributed by atoms with Crippen LogP contribution in [0, 0.1) is 11.3 Å². The SMILES string of the molecule is N#CCn1ccn2nc(C(=O)O)cc12. The molecule has 1 N–H and O–H groups in total. The number of carbonyl (C=O) groups is 1. The third-order valence-corrected chi connectivity index (χ3v) is 1.86. The molecular weight excluding hydrogens is 184 g/mol. The molecule has 0 aliphatic rings. The van der Waals surface area contributed by atoms with Gasteiger partial charge in [-0.3, -0.25) is 0 Å². The van der Waals surface area contributed by atoms with Crippen molar-refractivity contribution in [2.45, 2.75) is 6.54 Å². The molecule has 2 aromatic rings. The van der Waals surface area contributed by atoms with Crippen LogP contribution in [0.5, 0.6) is 0 Å². The van der Waals surface area contributed by atoms with Crippen molar-refractivity contribution < 1.29 is 9.90 Å². The van der Waals surface area contributed by atoms with Gasteiger partial charge in [0.15, 0.2) is 5.69 Å². The van der Waals surface area contributed by atoms with Gasteiger partial charge in [0.2, 0.25) is 0 Å². The van der Waals surface area contributed by atoms with Crippen molar-refractivity contribution in [3.05, 3.63) is 24.2 Å². The minimum Gasteiger partial charge on any atom is -0.476 e. The van der Waals surface area contributed by atoms with Crippen molar-refractivity contribution in [2.75, 3.05) is 0 Å². The Morgan fingerprint density at radius 1 is 1.64 bits per heavy atom. The molecule has 0 bridgehead atoms. The van der Waals surface area contributed by atoms with Gasteiger partial charge in [0.25, 0.3) is 0 Å². The first kappa shape index (κ1) is 8.31. The summed E-state index contributed by atoms with van der Waals surface area (Å²) in [7, 11) is 0. The number of carboxylic acid groups (broad SMARTS) is 1. The van der Waals surface area contributed by atoms with E-state index in [1.54, 1.807) is 17.0 Å². The summed E-state index contributed by atoms with van der Waals surface area (Å²) in [4.78, 5) is 10.6. The molecule has 6 nitrogen and oxygen atoms in total. The summed E-state index contributed by atoms with van der Waals surface area (Å²) in [5, 5.41) is 21.0. The maximum absolute atomic E-state index is 10.6. The number of aromatic nitrogens is 3. The van der Waals surface area contributed by atoms with Crippen LogP contribution in [0.15, 0.2) is 18.5 Å². The molecule has 0 aliphatic carbocycles. The van der Waals surface area contributed by atoms with Gasteiger partial charge in [0.05, 0.1) is 6.07 Å². The van der Waals surface area contributed by atoms with Gasteiger partial charge >= 0.3 is 5.97 Å². The van der Waals surface area contributed by atoms with Gasteiger partial charge in [-0.25, -0.2) is 9.31 Å². The van der Waals surface area contributed by atoms with Crippen LogP contribution in [0.4, 0.5) is 0 Å². The molecule has 70 valence electrons. The van der Waals surface area contributed by atoms with Gasteiger partial charge < -0.3 is 9.67 Å². The molecule has 0 saturated carbocycles. The number of nitrogens with zero attached hydrogens (tertiary/aromatic N) is 4. The second kappa shape index (κ2) is 2.88. The first-order valence-corrected chi connectivity index (χ1v) is 3.87. The van der Waals surface area contributed by atoms with Gasteiger partial charge in [-0.15, -0.1) is 0 Å². The largest absolute Gasteiger partial charge is 0.476 e. The highest BCUT2D eigenvalue weighted by Crippen LogP contribution is 2.07. The molecule has 2 rings (SSSR count). The van der Waals surface area contributed by atoms with Gasteiger partial charge in [-0.2, -0.15) is 10.4 Å². The Kier molecular flexibility index (Phi) is 1.71. The van der Waals surface area contributed by atoms with Crippen molar-refractivity contribution in [3.8, 4) is 6.07 Å². The van der Waals surface area contributed by atoms with Crippen LogP contribution in [-0.4, -0.2) is 25.3 Å². The van der Waals surface area contributed by atoms with E-state index in [9.17, 15) is 4.79 Å². The van der Waals surface area contributed by atoms with E-state index in [1.807, 2.05) is 6.07 Å². The summed E-state index contributed by atoms with van der Waals surface area (Å²) in [6, 6.07) is 3.41. The van der Waals surface area contributed by atoms with E-state index in [0.29, 0.717) is 5.65 Å². The third-order valence-electron chi connectivity index (χ3n) is 1.86. The summed E-state index contributed by atoms with van der Waals surface area (Å²) in [5.41, 5.74) is 0.580. The van der Waals surface area contributed by atoms with Crippen LogP contribution in [0.25, 0.3) is 5.65 Å². The van der Waals surface area contributed by atoms with Crippen molar-refractivity contribution in [1.29, 1.82) is 5.26 Å². The molecule has 0 spiro atoms. The Morgan fingerprint density at radius 2 is 2.43 bits per heavy atom. The Hall–Kier alpha value is -2.29. The lowest BCUT2D eigenvalue weighted by Gasteiger charge is -1.91. The maximum atomic E-state index is 10.6. The molecule has 6 heteroatoms. The number of nitriles is 1. The number of hydrogen-bond donors (Lipinski definition) is 1. The Labute approximate surface area is 78.6 Å². The summed E-state index contributed by atoms with van der Waals surface area (Å²) >= 11 is 0. The molecule has 0 aliphatic heterocycles. The van der Waals surface area contributed by atoms with Crippen LogP contribution in [0.3, 0.4) is 0 Å². The number of aromatic carboxylic acids is 1. The van der Waals surface area contributed by atoms with E-state index in [2.05, 4.69) is 5.10 Å². The smallest absolute Gasteiger partial charge is 0.356 e. The minimum atomic E-state index is -1.07. The fraction of sp³-hybridized carbons (Fsp3) is 0.125. The molecule has 0 amide bonds. The number of imidazole rings is 1. The zero-order chi connectivity index (χ0) is 10.1. The summed E-state index contributed by atoms with van der Waals surface area (Å²) in [6.45, 7) is 0.182. The Morgan fingerprint density at radius 3 is 3.07 bits per heavy atom. The molecule has 0 aromatic carbocycles. The van der Waals surface area contributed by atoms with Crippen molar-refractivity contribution in [1.82, 2.24) is 14.2 Å². The first-order chi connectivity index (χ1) is 6.72. The van der Waals surface area contributed by atoms with E-state index in [-0.39, 0.29) is 12.2 Å². The Bertz CT molecular complexity index is 531. The normalized spacial score (nSPS) is 10.2. The van der Waals surface area contributed by atoms with Gasteiger partial charge in [-0.05, 0) is 0 Å². The molecule has 0 radical (unpaired) electrons. The highest BCUT2D eigenvalue weighted by atomic mass is 16.4. The van der Waals surface area contributed by atoms with Crippen molar-refractivity contribution in [2.24, 2.45) is 0 Å². The van der Waals surface area contributed by atoms with E-state index < -0.39 is 5.97 Å². The first-order valence-electron chi connectivity index (χ1n) is 3.87. The van der Waals surface area contributed by atoms with Gasteiger partial charge in [0.1, 0.15) is 12.2 Å². The number of rotatable bonds is 2. The molecule has 2 aromatic heterocycles. The number of carboxylic acids is 1. The van der Waals surface area contributed by atoms with Crippen LogP contribution < -0.4 is 0 Å². The predicted octanol–water partition coefficient (Wildman–Crippen LogP) is 0.358. The molecule has 2 heterocycles. The minimum absolute atomic E-state index is 0.0210. The third kappa shape index (κ3) is 1.11. The number of hydrogen-bond acceptors (Lipinski definition) is 3. The quantitative estimate of drug-likeness (QED) is 0.740. The summed E-state index contributed by atoms with van der Waals surface area (Å²) in [5.74, 6) is -1.07. The second-order valence-corrected chi connectivity index (χ2v) is 2.72. The van der Waals surface area contributed by atoms with E-state index in [0.717, 1.165) is 0 Å². The van der Waals surface area contributed by atoms with Crippen LogP contribution in [-0.2, 0) is 6.54 Å². The van der Waals surface area contributed by atoms with Gasteiger partial charge in [0, 0.05) is 18.5 Å². The van der Waals surface area contributed by atoms with Crippen molar-refractivity contribution in [3.63, 3.8) is 0 Å². The zero-order valence-electron chi connectivity index (χ0n) is 7.08. The van der Waals surface area contributed by atoms with Crippen LogP contribution in [0.2, 0.25) is 0 Å². The van der Waals surface area contributed by atoms with Gasteiger partial charge in [-0.1, -0.05) is 0 Å². The molecule has 0 atom stereocenters. The highest BCUT2D eigenvalue weighted by molar-refractivity contribution is 5.86. The van der Waals surface area contributed by atoms with E-state index in [4.69, 9.17) is 10.4 Å². The summed E-state index contributed by atoms with van der Waals surface area (Å²) in [6.07, 6.45) is 3.29. The standard InChI is InChI=1S/C8H6N4O2/c9-1-2-11-3-4-12-7(11)5-6(10-12)8(13)14/h3-5H,2H2,(H,13,14). The fourth-order valence-corrected chi connectivity index (χ4v) is 1.24. The van der Waals surface area contributed by atoms with Crippen LogP contribution >= 0.6 is 0 Å². The zero-order valence-corrected chi connectivity index (χ0v) is 7.08. The second-order valence-electron chi connectivity index (χ2n) is 2.72. The highest BCUT2D eigenvalue weighted by Gasteiger charge is 2.10. The van der Waals surface area contributed by atoms with E-state index in [1.165, 1.54) is 10.6 Å². The maximum Gasteiger partial charge on any atom is 0.356 e. The monoisotopic (exact) mass is 190 g/mol. The number of fused-ring (bicyclic) bond motifs is 1. The van der Waals surface area contributed by atoms with Crippen molar-refractivity contribution >= 4 is 11.6 Å². The molecular formula is C8H6N4O2. The van der Waals surface area contributed by atoms with Crippen LogP contribution in [0.1, 0.15) is 10.5 Å². The lowest BCUT2D eigenvalue weighted by molar-refractivity contribution is 0.0690. The predicted molar refractivity (Wildman–Crippen MR) is 45.8 cm³/mol. The average molecular weight is 190 g/mol. The topological polar surface area (TPSA) is 83.3 Å². The summed E-state index contributed by atoms with van der Waals surface area (Å²) < 4.78 is 3.06. The molecule has 0 fully saturated rings. The average Bonchev–Trinajstić information content (AvgIpc) is 2.67. The molecule has 0 saturated heterocycles. The lowest BCUT2D eigenvalue weighted by Crippen LogP contribution is -1.96. The Balaban J connectivity index is 2.57.